The summed E-state index contributed by atoms with van der Waals surface area (Å²) < 4.78 is 6.02. The van der Waals surface area contributed by atoms with E-state index in [4.69, 9.17) is 10.6 Å². The lowest BCUT2D eigenvalue weighted by molar-refractivity contribution is -0.144. The number of aromatic hydroxyl groups is 1. The van der Waals surface area contributed by atoms with Gasteiger partial charge in [-0.2, -0.15) is 0 Å². The molecule has 2 rings (SSSR count). The van der Waals surface area contributed by atoms with Crippen LogP contribution in [0.15, 0.2) is 29.4 Å². The van der Waals surface area contributed by atoms with Crippen molar-refractivity contribution < 1.29 is 19.4 Å². The van der Waals surface area contributed by atoms with Gasteiger partial charge in [-0.3, -0.25) is 4.79 Å². The topological polar surface area (TPSA) is 132 Å². The zero-order valence-electron chi connectivity index (χ0n) is 13.8. The smallest absolute Gasteiger partial charge is 0.328 e. The fraction of sp³-hybridized carbons (Fsp3) is 0.333. The van der Waals surface area contributed by atoms with E-state index in [9.17, 15) is 14.7 Å². The van der Waals surface area contributed by atoms with Crippen molar-refractivity contribution in [2.45, 2.75) is 24.5 Å². The van der Waals surface area contributed by atoms with Gasteiger partial charge in [0.1, 0.15) is 17.6 Å². The molecule has 0 unspecified atom stereocenters. The van der Waals surface area contributed by atoms with Crippen LogP contribution in [-0.2, 0) is 20.7 Å². The maximum atomic E-state index is 12.1. The molecule has 25 heavy (non-hydrogen) atoms. The molecule has 0 bridgehead atoms. The van der Waals surface area contributed by atoms with Crippen LogP contribution in [0.3, 0.4) is 0 Å². The Bertz CT molecular complexity index is 747. The highest BCUT2D eigenvalue weighted by Crippen LogP contribution is 2.15. The quantitative estimate of drug-likeness (QED) is 0.355. The Kier molecular flexibility index (Phi) is 6.23. The van der Waals surface area contributed by atoms with Crippen LogP contribution in [0.1, 0.15) is 11.4 Å². The number of nitrogens with zero attached hydrogens (tertiary/aromatic N) is 3. The molecular formula is C15H19N5O4S. The number of hydrogen-bond donors (Lipinski definition) is 3. The minimum Gasteiger partial charge on any atom is -0.508 e. The van der Waals surface area contributed by atoms with Gasteiger partial charge in [0.15, 0.2) is 0 Å². The van der Waals surface area contributed by atoms with Gasteiger partial charge < -0.3 is 21.0 Å². The monoisotopic (exact) mass is 365 g/mol. The second kappa shape index (κ2) is 8.38. The lowest BCUT2D eigenvalue weighted by Gasteiger charge is -2.16. The average Bonchev–Trinajstić information content (AvgIpc) is 2.92. The Hall–Kier alpha value is -2.75. The molecule has 1 aromatic carbocycles. The summed E-state index contributed by atoms with van der Waals surface area (Å²) in [5.74, 6) is 5.49. The van der Waals surface area contributed by atoms with Crippen LogP contribution in [0.5, 0.6) is 5.75 Å². The number of amides is 1. The molecule has 1 aromatic heterocycles. The van der Waals surface area contributed by atoms with Crippen LogP contribution in [0.25, 0.3) is 0 Å². The van der Waals surface area contributed by atoms with Gasteiger partial charge in [-0.15, -0.1) is 10.2 Å². The number of methoxy groups -OCH3 is 1. The third-order valence-electron chi connectivity index (χ3n) is 3.36. The van der Waals surface area contributed by atoms with E-state index in [1.165, 1.54) is 23.9 Å². The van der Waals surface area contributed by atoms with Crippen LogP contribution >= 0.6 is 11.8 Å². The first kappa shape index (κ1) is 18.6. The number of phenols is 1. The lowest BCUT2D eigenvalue weighted by Crippen LogP contribution is -2.43. The summed E-state index contributed by atoms with van der Waals surface area (Å²) in [7, 11) is 1.26. The van der Waals surface area contributed by atoms with Crippen molar-refractivity contribution in [1.82, 2.24) is 20.2 Å². The van der Waals surface area contributed by atoms with Crippen LogP contribution in [-0.4, -0.2) is 50.8 Å². The Labute approximate surface area is 148 Å². The summed E-state index contributed by atoms with van der Waals surface area (Å²) in [4.78, 5) is 24.0. The highest BCUT2D eigenvalue weighted by Gasteiger charge is 2.22. The third-order valence-corrected chi connectivity index (χ3v) is 4.31. The van der Waals surface area contributed by atoms with Gasteiger partial charge in [-0.1, -0.05) is 23.9 Å². The number of esters is 1. The predicted molar refractivity (Wildman–Crippen MR) is 91.4 cm³/mol. The highest BCUT2D eigenvalue weighted by atomic mass is 32.2. The number of nitrogen functional groups attached to an aromatic ring is 1. The van der Waals surface area contributed by atoms with Crippen molar-refractivity contribution in [2.75, 3.05) is 18.7 Å². The van der Waals surface area contributed by atoms with Gasteiger partial charge in [0.05, 0.1) is 12.9 Å². The number of ether oxygens (including phenoxy) is 1. The molecular weight excluding hydrogens is 346 g/mol. The molecule has 0 saturated heterocycles. The molecule has 0 saturated carbocycles. The summed E-state index contributed by atoms with van der Waals surface area (Å²) in [6.45, 7) is 1.70. The van der Waals surface area contributed by atoms with Gasteiger partial charge >= 0.3 is 5.97 Å². The maximum Gasteiger partial charge on any atom is 0.328 e. The minimum absolute atomic E-state index is 0.0262. The Morgan fingerprint density at radius 3 is 2.60 bits per heavy atom. The van der Waals surface area contributed by atoms with Crippen molar-refractivity contribution in [1.29, 1.82) is 0 Å². The molecule has 10 heteroatoms. The maximum absolute atomic E-state index is 12.1. The molecule has 4 N–H and O–H groups in total. The first-order chi connectivity index (χ1) is 11.9. The molecule has 1 atom stereocenters. The molecule has 0 aliphatic carbocycles. The van der Waals surface area contributed by atoms with E-state index in [0.29, 0.717) is 11.0 Å². The largest absolute Gasteiger partial charge is 0.508 e. The molecule has 134 valence electrons. The van der Waals surface area contributed by atoms with Crippen LogP contribution in [0.4, 0.5) is 0 Å². The first-order valence-electron chi connectivity index (χ1n) is 7.35. The SMILES string of the molecule is COC(=O)[C@@H](Cc1ccc(O)cc1)NC(=O)CSc1nnc(C)n1N. The van der Waals surface area contributed by atoms with E-state index in [1.807, 2.05) is 0 Å². The second-order valence-electron chi connectivity index (χ2n) is 5.20. The number of nitrogens with one attached hydrogen (secondary N) is 1. The minimum atomic E-state index is -0.833. The number of carbonyl (C=O) groups excluding carboxylic acids is 2. The molecule has 0 fully saturated rings. The average molecular weight is 365 g/mol. The molecule has 0 aliphatic rings. The third kappa shape index (κ3) is 5.11. The normalized spacial score (nSPS) is 11.8. The van der Waals surface area contributed by atoms with Crippen molar-refractivity contribution in [2.24, 2.45) is 0 Å². The molecule has 0 radical (unpaired) electrons. The Balaban J connectivity index is 1.96. The second-order valence-corrected chi connectivity index (χ2v) is 6.14. The van der Waals surface area contributed by atoms with Crippen molar-refractivity contribution in [3.05, 3.63) is 35.7 Å². The molecule has 9 nitrogen and oxygen atoms in total. The van der Waals surface area contributed by atoms with Gasteiger partial charge in [-0.05, 0) is 24.6 Å². The summed E-state index contributed by atoms with van der Waals surface area (Å²) in [6, 6.07) is 5.54. The predicted octanol–water partition coefficient (Wildman–Crippen LogP) is -0.00148. The fourth-order valence-corrected chi connectivity index (χ4v) is 2.73. The Morgan fingerprint density at radius 2 is 2.04 bits per heavy atom. The van der Waals surface area contributed by atoms with E-state index < -0.39 is 12.0 Å². The number of nitrogens with two attached hydrogens (primary N) is 1. The van der Waals surface area contributed by atoms with Gasteiger partial charge in [0, 0.05) is 6.42 Å². The summed E-state index contributed by atoms with van der Waals surface area (Å²) in [5, 5.41) is 20.0. The molecule has 0 aliphatic heterocycles. The lowest BCUT2D eigenvalue weighted by atomic mass is 10.1. The van der Waals surface area contributed by atoms with E-state index in [0.717, 1.165) is 17.3 Å². The number of carbonyl (C=O) groups is 2. The summed E-state index contributed by atoms with van der Waals surface area (Å²) in [6.07, 6.45) is 0.246. The molecule has 1 amide bonds. The van der Waals surface area contributed by atoms with Gasteiger partial charge in [-0.25, -0.2) is 9.47 Å². The summed E-state index contributed by atoms with van der Waals surface area (Å²) in [5.41, 5.74) is 0.776. The summed E-state index contributed by atoms with van der Waals surface area (Å²) >= 11 is 1.11. The number of benzene rings is 1. The van der Waals surface area contributed by atoms with Crippen molar-refractivity contribution >= 4 is 23.6 Å². The molecule has 1 heterocycles. The first-order valence-corrected chi connectivity index (χ1v) is 8.34. The van der Waals surface area contributed by atoms with Gasteiger partial charge in [0.2, 0.25) is 11.1 Å². The fourth-order valence-electron chi connectivity index (χ4n) is 2.02. The number of thioether (sulfide) groups is 1. The van der Waals surface area contributed by atoms with Crippen molar-refractivity contribution in [3.8, 4) is 5.75 Å². The van der Waals surface area contributed by atoms with Crippen LogP contribution in [0, 0.1) is 6.92 Å². The standard InChI is InChI=1S/C15H19N5O4S/c1-9-18-19-15(20(9)16)25-8-13(22)17-12(14(23)24-2)7-10-3-5-11(21)6-4-10/h3-6,12,21H,7-8,16H2,1-2H3,(H,17,22)/t12-/m1/s1. The number of aromatic nitrogens is 3. The van der Waals surface area contributed by atoms with E-state index in [2.05, 4.69) is 15.5 Å². The number of phenolic OH excluding ortho intramolecular Hbond substituents is 1. The van der Waals surface area contributed by atoms with E-state index >= 15 is 0 Å². The Morgan fingerprint density at radius 1 is 1.36 bits per heavy atom. The zero-order valence-corrected chi connectivity index (χ0v) is 14.6. The van der Waals surface area contributed by atoms with Crippen LogP contribution in [0.2, 0.25) is 0 Å². The van der Waals surface area contributed by atoms with Crippen molar-refractivity contribution in [3.63, 3.8) is 0 Å². The zero-order chi connectivity index (χ0) is 18.4. The van der Waals surface area contributed by atoms with Gasteiger partial charge in [0.25, 0.3) is 0 Å². The van der Waals surface area contributed by atoms with E-state index in [1.54, 1.807) is 19.1 Å². The molecule has 0 spiro atoms. The highest BCUT2D eigenvalue weighted by molar-refractivity contribution is 7.99. The molecule has 2 aromatic rings. The van der Waals surface area contributed by atoms with Crippen LogP contribution < -0.4 is 11.2 Å². The van der Waals surface area contributed by atoms with E-state index in [-0.39, 0.29) is 23.8 Å². The number of rotatable bonds is 7. The number of aryl methyl sites for hydroxylation is 1. The number of hydrogen-bond acceptors (Lipinski definition) is 8.